The van der Waals surface area contributed by atoms with E-state index in [-0.39, 0.29) is 6.54 Å². The zero-order valence-electron chi connectivity index (χ0n) is 7.01. The van der Waals surface area contributed by atoms with Crippen molar-refractivity contribution in [1.82, 2.24) is 4.90 Å². The molecule has 5 heteroatoms. The fourth-order valence-corrected chi connectivity index (χ4v) is 1.44. The van der Waals surface area contributed by atoms with Crippen molar-refractivity contribution in [3.8, 4) is 0 Å². The molecule has 1 saturated heterocycles. The third kappa shape index (κ3) is 1.70. The van der Waals surface area contributed by atoms with Gasteiger partial charge in [0.05, 0.1) is 6.10 Å². The molecule has 0 spiro atoms. The van der Waals surface area contributed by atoms with Crippen molar-refractivity contribution >= 4 is 11.9 Å². The number of carboxylic acid groups (broad SMARTS) is 1. The van der Waals surface area contributed by atoms with Gasteiger partial charge in [-0.05, 0) is 12.5 Å². The molecule has 2 atom stereocenters. The first kappa shape index (κ1) is 9.73. The number of carboxylic acids is 1. The fourth-order valence-electron chi connectivity index (χ4n) is 1.44. The van der Waals surface area contributed by atoms with Crippen LogP contribution in [0, 0.1) is 0 Å². The minimum atomic E-state index is -1.18. The number of likely N-dealkylation sites (tertiary alicyclic amines) is 1. The van der Waals surface area contributed by atoms with Crippen LogP contribution >= 0.6 is 0 Å². The van der Waals surface area contributed by atoms with Gasteiger partial charge in [0, 0.05) is 6.54 Å². The number of amides is 1. The average Bonchev–Trinajstić information content (AvgIpc) is 2.45. The molecule has 0 radical (unpaired) electrons. The first-order chi connectivity index (χ1) is 6.07. The van der Waals surface area contributed by atoms with E-state index in [2.05, 4.69) is 6.58 Å². The Bertz CT molecular complexity index is 251. The summed E-state index contributed by atoms with van der Waals surface area (Å²) in [7, 11) is 0. The van der Waals surface area contributed by atoms with Gasteiger partial charge in [0.25, 0.3) is 0 Å². The van der Waals surface area contributed by atoms with E-state index in [1.807, 2.05) is 0 Å². The van der Waals surface area contributed by atoms with Gasteiger partial charge in [-0.15, -0.1) is 0 Å². The molecule has 0 aromatic heterocycles. The molecule has 13 heavy (non-hydrogen) atoms. The number of carbonyl (C=O) groups excluding carboxylic acids is 1. The smallest absolute Gasteiger partial charge is 0.329 e. The Labute approximate surface area is 75.3 Å². The lowest BCUT2D eigenvalue weighted by atomic mass is 10.2. The first-order valence-corrected chi connectivity index (χ1v) is 3.92. The maximum Gasteiger partial charge on any atom is 0.329 e. The Morgan fingerprint density at radius 2 is 2.15 bits per heavy atom. The summed E-state index contributed by atoms with van der Waals surface area (Å²) in [6.07, 6.45) is 0.381. The molecule has 72 valence electrons. The summed E-state index contributed by atoms with van der Waals surface area (Å²) in [4.78, 5) is 22.9. The van der Waals surface area contributed by atoms with E-state index >= 15 is 0 Å². The Morgan fingerprint density at radius 3 is 2.62 bits per heavy atom. The van der Waals surface area contributed by atoms with E-state index in [0.29, 0.717) is 6.42 Å². The van der Waals surface area contributed by atoms with Crippen molar-refractivity contribution in [2.45, 2.75) is 18.6 Å². The standard InChI is InChI=1S/C8H11NO4/c1-2-6(11)9-4-3-5(10)7(9)8(12)13/h2,5,7,10H,1,3-4H2,(H,12,13)/t5-,7-/m0/s1. The highest BCUT2D eigenvalue weighted by Gasteiger charge is 2.40. The lowest BCUT2D eigenvalue weighted by Gasteiger charge is -2.20. The van der Waals surface area contributed by atoms with E-state index < -0.39 is 24.0 Å². The molecule has 0 aliphatic carbocycles. The molecule has 1 rings (SSSR count). The van der Waals surface area contributed by atoms with Crippen LogP contribution < -0.4 is 0 Å². The summed E-state index contributed by atoms with van der Waals surface area (Å²) >= 11 is 0. The van der Waals surface area contributed by atoms with Gasteiger partial charge in [0.1, 0.15) is 0 Å². The summed E-state index contributed by atoms with van der Waals surface area (Å²) in [5.41, 5.74) is 0. The van der Waals surface area contributed by atoms with Crippen molar-refractivity contribution in [1.29, 1.82) is 0 Å². The highest BCUT2D eigenvalue weighted by atomic mass is 16.4. The minimum absolute atomic E-state index is 0.267. The Balaban J connectivity index is 2.81. The molecule has 0 saturated carbocycles. The number of carbonyl (C=O) groups is 2. The van der Waals surface area contributed by atoms with Crippen LogP contribution in [0.1, 0.15) is 6.42 Å². The number of aliphatic carboxylic acids is 1. The quantitative estimate of drug-likeness (QED) is 0.553. The van der Waals surface area contributed by atoms with Crippen molar-refractivity contribution in [2.24, 2.45) is 0 Å². The predicted molar refractivity (Wildman–Crippen MR) is 44.0 cm³/mol. The van der Waals surface area contributed by atoms with Crippen LogP contribution in [0.2, 0.25) is 0 Å². The molecule has 0 bridgehead atoms. The van der Waals surface area contributed by atoms with E-state index in [1.165, 1.54) is 0 Å². The lowest BCUT2D eigenvalue weighted by molar-refractivity contribution is -0.149. The summed E-state index contributed by atoms with van der Waals surface area (Å²) in [5.74, 6) is -1.64. The summed E-state index contributed by atoms with van der Waals surface area (Å²) in [6.45, 7) is 3.53. The molecular formula is C8H11NO4. The fraction of sp³-hybridized carbons (Fsp3) is 0.500. The van der Waals surface area contributed by atoms with Crippen molar-refractivity contribution in [3.05, 3.63) is 12.7 Å². The van der Waals surface area contributed by atoms with Crippen LogP contribution in [-0.2, 0) is 9.59 Å². The largest absolute Gasteiger partial charge is 0.480 e. The number of hydrogen-bond acceptors (Lipinski definition) is 3. The van der Waals surface area contributed by atoms with Crippen LogP contribution in [0.5, 0.6) is 0 Å². The highest BCUT2D eigenvalue weighted by molar-refractivity contribution is 5.91. The van der Waals surface area contributed by atoms with Crippen LogP contribution in [0.15, 0.2) is 12.7 Å². The van der Waals surface area contributed by atoms with Crippen LogP contribution in [0.3, 0.4) is 0 Å². The third-order valence-corrected chi connectivity index (χ3v) is 2.08. The molecule has 5 nitrogen and oxygen atoms in total. The van der Waals surface area contributed by atoms with Crippen LogP contribution in [0.25, 0.3) is 0 Å². The van der Waals surface area contributed by atoms with Gasteiger partial charge in [-0.2, -0.15) is 0 Å². The normalized spacial score (nSPS) is 27.3. The minimum Gasteiger partial charge on any atom is -0.480 e. The van der Waals surface area contributed by atoms with Crippen molar-refractivity contribution in [3.63, 3.8) is 0 Å². The van der Waals surface area contributed by atoms with Gasteiger partial charge >= 0.3 is 5.97 Å². The van der Waals surface area contributed by atoms with Crippen molar-refractivity contribution in [2.75, 3.05) is 6.54 Å². The Kier molecular flexibility index (Phi) is 2.67. The van der Waals surface area contributed by atoms with Gasteiger partial charge in [-0.25, -0.2) is 4.79 Å². The van der Waals surface area contributed by atoms with E-state index in [0.717, 1.165) is 11.0 Å². The van der Waals surface area contributed by atoms with E-state index in [1.54, 1.807) is 0 Å². The Morgan fingerprint density at radius 1 is 1.54 bits per heavy atom. The second-order valence-corrected chi connectivity index (χ2v) is 2.87. The molecule has 2 N–H and O–H groups in total. The number of aliphatic hydroxyl groups excluding tert-OH is 1. The molecule has 1 aliphatic rings. The van der Waals surface area contributed by atoms with Crippen LogP contribution in [0.4, 0.5) is 0 Å². The summed E-state index contributed by atoms with van der Waals surface area (Å²) in [6, 6.07) is -1.12. The molecule has 0 aromatic carbocycles. The number of rotatable bonds is 2. The monoisotopic (exact) mass is 185 g/mol. The molecule has 0 unspecified atom stereocenters. The number of hydrogen-bond donors (Lipinski definition) is 2. The molecule has 1 fully saturated rings. The number of nitrogens with zero attached hydrogens (tertiary/aromatic N) is 1. The Hall–Kier alpha value is -1.36. The molecular weight excluding hydrogens is 174 g/mol. The zero-order valence-corrected chi connectivity index (χ0v) is 7.01. The zero-order chi connectivity index (χ0) is 10.0. The van der Waals surface area contributed by atoms with Crippen molar-refractivity contribution < 1.29 is 19.8 Å². The third-order valence-electron chi connectivity index (χ3n) is 2.08. The van der Waals surface area contributed by atoms with Crippen LogP contribution in [-0.4, -0.2) is 45.7 Å². The molecule has 0 aromatic rings. The lowest BCUT2D eigenvalue weighted by Crippen LogP contribution is -2.44. The van der Waals surface area contributed by atoms with Gasteiger partial charge < -0.3 is 15.1 Å². The van der Waals surface area contributed by atoms with Gasteiger partial charge in [-0.3, -0.25) is 4.79 Å². The molecule has 1 heterocycles. The topological polar surface area (TPSA) is 77.8 Å². The maximum absolute atomic E-state index is 11.1. The summed E-state index contributed by atoms with van der Waals surface area (Å²) < 4.78 is 0. The first-order valence-electron chi connectivity index (χ1n) is 3.92. The molecule has 1 amide bonds. The van der Waals surface area contributed by atoms with Gasteiger partial charge in [0.15, 0.2) is 6.04 Å². The maximum atomic E-state index is 11.1. The van der Waals surface area contributed by atoms with E-state index in [9.17, 15) is 14.7 Å². The van der Waals surface area contributed by atoms with E-state index in [4.69, 9.17) is 5.11 Å². The predicted octanol–water partition coefficient (Wildman–Crippen LogP) is -0.781. The SMILES string of the molecule is C=CC(=O)N1CC[C@H](O)[C@H]1C(=O)O. The average molecular weight is 185 g/mol. The second kappa shape index (κ2) is 3.57. The molecule has 1 aliphatic heterocycles. The highest BCUT2D eigenvalue weighted by Crippen LogP contribution is 2.18. The summed E-state index contributed by atoms with van der Waals surface area (Å²) in [5, 5.41) is 18.0. The van der Waals surface area contributed by atoms with Gasteiger partial charge in [0.2, 0.25) is 5.91 Å². The van der Waals surface area contributed by atoms with Gasteiger partial charge in [-0.1, -0.05) is 6.58 Å². The second-order valence-electron chi connectivity index (χ2n) is 2.87. The number of aliphatic hydroxyl groups is 1.